The summed E-state index contributed by atoms with van der Waals surface area (Å²) in [5.41, 5.74) is 0. The molecule has 0 saturated heterocycles. The summed E-state index contributed by atoms with van der Waals surface area (Å²) in [5, 5.41) is 0. The lowest BCUT2D eigenvalue weighted by molar-refractivity contribution is -0.167. The number of carbonyl (C=O) groups excluding carboxylic acids is 3. The Morgan fingerprint density at radius 3 is 0.908 bits per heavy atom. The molecule has 0 rings (SSSR count). The van der Waals surface area contributed by atoms with Gasteiger partial charge in [-0.25, -0.2) is 0 Å². The van der Waals surface area contributed by atoms with Gasteiger partial charge in [-0.3, -0.25) is 14.4 Å². The smallest absolute Gasteiger partial charge is 0.306 e. The van der Waals surface area contributed by atoms with Crippen molar-refractivity contribution >= 4 is 17.9 Å². The van der Waals surface area contributed by atoms with Crippen molar-refractivity contribution < 1.29 is 28.6 Å². The van der Waals surface area contributed by atoms with Crippen LogP contribution in [0.15, 0.2) is 36.5 Å². The first-order valence-electron chi connectivity index (χ1n) is 28.5. The van der Waals surface area contributed by atoms with Crippen molar-refractivity contribution in [1.29, 1.82) is 0 Å². The van der Waals surface area contributed by atoms with Crippen LogP contribution in [-0.4, -0.2) is 37.2 Å². The maximum atomic E-state index is 12.8. The van der Waals surface area contributed by atoms with Crippen LogP contribution in [0.3, 0.4) is 0 Å². The Bertz CT molecular complexity index is 1090. The van der Waals surface area contributed by atoms with E-state index in [1.807, 2.05) is 0 Å². The number of carbonyl (C=O) groups is 3. The highest BCUT2D eigenvalue weighted by molar-refractivity contribution is 5.71. The predicted octanol–water partition coefficient (Wildman–Crippen LogP) is 18.9. The van der Waals surface area contributed by atoms with E-state index in [1.165, 1.54) is 186 Å². The minimum absolute atomic E-state index is 0.0756. The van der Waals surface area contributed by atoms with Gasteiger partial charge in [0.05, 0.1) is 0 Å². The Hall–Kier alpha value is -2.37. The van der Waals surface area contributed by atoms with E-state index < -0.39 is 6.10 Å². The minimum atomic E-state index is -0.775. The molecule has 0 aromatic carbocycles. The molecule has 6 heteroatoms. The minimum Gasteiger partial charge on any atom is -0.462 e. The Morgan fingerprint density at radius 1 is 0.308 bits per heavy atom. The van der Waals surface area contributed by atoms with E-state index in [1.54, 1.807) is 0 Å². The van der Waals surface area contributed by atoms with Crippen LogP contribution >= 0.6 is 0 Å². The molecule has 0 spiro atoms. The molecule has 0 N–H and O–H groups in total. The van der Waals surface area contributed by atoms with Crippen molar-refractivity contribution in [1.82, 2.24) is 0 Å². The molecule has 0 aromatic heterocycles. The van der Waals surface area contributed by atoms with Crippen LogP contribution in [0.1, 0.15) is 303 Å². The summed E-state index contributed by atoms with van der Waals surface area (Å²) < 4.78 is 16.9. The average molecular weight is 914 g/mol. The van der Waals surface area contributed by atoms with Crippen LogP contribution in [0.5, 0.6) is 0 Å². The Labute approximate surface area is 404 Å². The van der Waals surface area contributed by atoms with E-state index in [9.17, 15) is 14.4 Å². The lowest BCUT2D eigenvalue weighted by Gasteiger charge is -2.18. The van der Waals surface area contributed by atoms with Crippen LogP contribution in [0.2, 0.25) is 0 Å². The first-order valence-corrected chi connectivity index (χ1v) is 28.5. The van der Waals surface area contributed by atoms with Crippen molar-refractivity contribution in [2.24, 2.45) is 0 Å². The molecule has 380 valence electrons. The molecule has 0 bridgehead atoms. The first-order chi connectivity index (χ1) is 32.0. The molecule has 0 radical (unpaired) electrons. The highest BCUT2D eigenvalue weighted by Gasteiger charge is 2.19. The molecule has 0 aromatic rings. The van der Waals surface area contributed by atoms with Gasteiger partial charge >= 0.3 is 17.9 Å². The zero-order valence-electron chi connectivity index (χ0n) is 43.5. The Balaban J connectivity index is 4.35. The van der Waals surface area contributed by atoms with Gasteiger partial charge in [0.2, 0.25) is 0 Å². The fourth-order valence-electron chi connectivity index (χ4n) is 8.29. The van der Waals surface area contributed by atoms with Gasteiger partial charge in [0.15, 0.2) is 6.10 Å². The summed E-state index contributed by atoms with van der Waals surface area (Å²) >= 11 is 0. The number of hydrogen-bond acceptors (Lipinski definition) is 6. The first kappa shape index (κ1) is 62.6. The van der Waals surface area contributed by atoms with Crippen LogP contribution in [0.4, 0.5) is 0 Å². The van der Waals surface area contributed by atoms with E-state index in [0.29, 0.717) is 19.3 Å². The van der Waals surface area contributed by atoms with E-state index >= 15 is 0 Å². The Kier molecular flexibility index (Phi) is 52.3. The highest BCUT2D eigenvalue weighted by Crippen LogP contribution is 2.16. The molecule has 0 heterocycles. The van der Waals surface area contributed by atoms with Crippen LogP contribution in [-0.2, 0) is 28.6 Å². The molecule has 6 nitrogen and oxygen atoms in total. The number of hydrogen-bond donors (Lipinski definition) is 0. The number of esters is 3. The molecule has 1 atom stereocenters. The van der Waals surface area contributed by atoms with Gasteiger partial charge in [-0.05, 0) is 77.0 Å². The van der Waals surface area contributed by atoms with Crippen LogP contribution < -0.4 is 0 Å². The third-order valence-electron chi connectivity index (χ3n) is 12.6. The molecule has 0 saturated carbocycles. The lowest BCUT2D eigenvalue weighted by Crippen LogP contribution is -2.30. The zero-order valence-corrected chi connectivity index (χ0v) is 43.5. The monoisotopic (exact) mass is 913 g/mol. The predicted molar refractivity (Wildman–Crippen MR) is 279 cm³/mol. The van der Waals surface area contributed by atoms with Crippen LogP contribution in [0, 0.1) is 0 Å². The highest BCUT2D eigenvalue weighted by atomic mass is 16.6. The average Bonchev–Trinajstić information content (AvgIpc) is 3.30. The molecule has 0 amide bonds. The molecule has 65 heavy (non-hydrogen) atoms. The SMILES string of the molecule is CCCCC/C=C\C/C=C\CCCCCCCCCC(=O)OCC(COC(=O)CCCCCCC/C=C\CCCCCC)OC(=O)CCCCCCCCCCCCCCCCCCC. The summed E-state index contributed by atoms with van der Waals surface area (Å²) in [6.45, 7) is 6.62. The van der Waals surface area contributed by atoms with Gasteiger partial charge < -0.3 is 14.2 Å². The Morgan fingerprint density at radius 2 is 0.554 bits per heavy atom. The lowest BCUT2D eigenvalue weighted by atomic mass is 10.0. The molecule has 0 aliphatic heterocycles. The summed E-state index contributed by atoms with van der Waals surface area (Å²) in [7, 11) is 0. The summed E-state index contributed by atoms with van der Waals surface area (Å²) in [4.78, 5) is 38.1. The topological polar surface area (TPSA) is 78.9 Å². The second-order valence-electron chi connectivity index (χ2n) is 19.2. The van der Waals surface area contributed by atoms with Gasteiger partial charge in [0, 0.05) is 19.3 Å². The fraction of sp³-hybridized carbons (Fsp3) is 0.847. The molecule has 0 fully saturated rings. The third kappa shape index (κ3) is 52.5. The number of rotatable bonds is 52. The molecule has 1 unspecified atom stereocenters. The van der Waals surface area contributed by atoms with E-state index in [0.717, 1.165) is 77.0 Å². The fourth-order valence-corrected chi connectivity index (χ4v) is 8.29. The quantitative estimate of drug-likeness (QED) is 0.0262. The van der Waals surface area contributed by atoms with E-state index in [-0.39, 0.29) is 31.1 Å². The second kappa shape index (κ2) is 54.2. The summed E-state index contributed by atoms with van der Waals surface area (Å²) in [5.74, 6) is -0.875. The van der Waals surface area contributed by atoms with Gasteiger partial charge in [-0.2, -0.15) is 0 Å². The van der Waals surface area contributed by atoms with Crippen molar-refractivity contribution in [3.8, 4) is 0 Å². The number of ether oxygens (including phenoxy) is 3. The standard InChI is InChI=1S/C59H108O6/c1-4-7-10-13-16-19-22-25-27-29-31-34-37-40-43-46-49-52-58(61)64-55-56(54-63-57(60)51-48-45-42-39-36-33-24-21-18-15-12-9-6-3)65-59(62)53-50-47-44-41-38-35-32-30-28-26-23-20-17-14-11-8-5-2/h16,19,21,24-25,27,56H,4-15,17-18,20,22-23,26,28-55H2,1-3H3/b19-16-,24-21-,27-25-. The normalized spacial score (nSPS) is 12.2. The van der Waals surface area contributed by atoms with Gasteiger partial charge in [0.25, 0.3) is 0 Å². The van der Waals surface area contributed by atoms with Crippen molar-refractivity contribution in [3.05, 3.63) is 36.5 Å². The third-order valence-corrected chi connectivity index (χ3v) is 12.6. The van der Waals surface area contributed by atoms with E-state index in [4.69, 9.17) is 14.2 Å². The second-order valence-corrected chi connectivity index (χ2v) is 19.2. The van der Waals surface area contributed by atoms with Crippen LogP contribution in [0.25, 0.3) is 0 Å². The van der Waals surface area contributed by atoms with Crippen molar-refractivity contribution in [3.63, 3.8) is 0 Å². The van der Waals surface area contributed by atoms with E-state index in [2.05, 4.69) is 57.2 Å². The maximum Gasteiger partial charge on any atom is 0.306 e. The van der Waals surface area contributed by atoms with Crippen molar-refractivity contribution in [2.75, 3.05) is 13.2 Å². The summed E-state index contributed by atoms with van der Waals surface area (Å²) in [6, 6.07) is 0. The van der Waals surface area contributed by atoms with Gasteiger partial charge in [0.1, 0.15) is 13.2 Å². The van der Waals surface area contributed by atoms with Gasteiger partial charge in [-0.15, -0.1) is 0 Å². The number of unbranched alkanes of at least 4 members (excludes halogenated alkanes) is 35. The molecule has 0 aliphatic rings. The van der Waals surface area contributed by atoms with Gasteiger partial charge in [-0.1, -0.05) is 243 Å². The molecular formula is C59H108O6. The number of allylic oxidation sites excluding steroid dienone is 6. The van der Waals surface area contributed by atoms with Crippen molar-refractivity contribution in [2.45, 2.75) is 309 Å². The zero-order chi connectivity index (χ0) is 47.2. The largest absolute Gasteiger partial charge is 0.462 e. The molecule has 0 aliphatic carbocycles. The summed E-state index contributed by atoms with van der Waals surface area (Å²) in [6.07, 6.45) is 64.1. The molecular weight excluding hydrogens is 805 g/mol. The maximum absolute atomic E-state index is 12.8.